The summed E-state index contributed by atoms with van der Waals surface area (Å²) in [5.74, 6) is 0. The lowest BCUT2D eigenvalue weighted by Gasteiger charge is -2.47. The molecule has 6 aromatic carbocycles. The fourth-order valence-corrected chi connectivity index (χ4v) is 13.9. The molecule has 1 aliphatic carbocycles. The molecule has 0 bridgehead atoms. The predicted octanol–water partition coefficient (Wildman–Crippen LogP) is 5.72. The lowest BCUT2D eigenvalue weighted by molar-refractivity contribution is 0.774. The van der Waals surface area contributed by atoms with Crippen LogP contribution in [-0.2, 0) is 5.41 Å². The Morgan fingerprint density at radius 1 is 0.289 bits per heavy atom. The van der Waals surface area contributed by atoms with E-state index < -0.39 is 8.07 Å². The molecular weight excluding hydrogens is 472 g/mol. The number of fused-ring (bicyclic) bond motifs is 16. The summed E-state index contributed by atoms with van der Waals surface area (Å²) in [5.41, 5.74) is 10.9. The van der Waals surface area contributed by atoms with Crippen LogP contribution in [0, 0.1) is 0 Å². The first kappa shape index (κ1) is 20.6. The normalized spacial score (nSPS) is 15.8. The van der Waals surface area contributed by atoms with E-state index in [1.54, 1.807) is 0 Å². The lowest BCUT2D eigenvalue weighted by atomic mass is 9.67. The van der Waals surface area contributed by atoms with E-state index in [0.29, 0.717) is 0 Å². The van der Waals surface area contributed by atoms with Crippen molar-refractivity contribution in [3.8, 4) is 22.3 Å². The maximum atomic E-state index is 2.46. The van der Waals surface area contributed by atoms with Crippen LogP contribution in [0.25, 0.3) is 22.3 Å². The molecule has 2 heterocycles. The monoisotopic (exact) mass is 496 g/mol. The highest BCUT2D eigenvalue weighted by Crippen LogP contribution is 2.57. The Kier molecular flexibility index (Phi) is 3.84. The molecule has 38 heavy (non-hydrogen) atoms. The smallest absolute Gasteiger partial charge is 0.0623 e. The molecule has 0 amide bonds. The highest BCUT2D eigenvalue weighted by molar-refractivity contribution is 7.22. The zero-order valence-electron chi connectivity index (χ0n) is 20.9. The Balaban J connectivity index is 1.54. The molecule has 0 aromatic heterocycles. The van der Waals surface area contributed by atoms with Crippen molar-refractivity contribution in [1.29, 1.82) is 0 Å². The van der Waals surface area contributed by atoms with Gasteiger partial charge in [0.15, 0.2) is 8.07 Å². The summed E-state index contributed by atoms with van der Waals surface area (Å²) in [6.07, 6.45) is 0. The molecule has 6 aromatic rings. The van der Waals surface area contributed by atoms with Crippen molar-refractivity contribution in [3.63, 3.8) is 0 Å². The van der Waals surface area contributed by atoms with Crippen LogP contribution in [0.15, 0.2) is 146 Å². The van der Waals surface area contributed by atoms with Crippen LogP contribution in [-0.4, -0.2) is 8.07 Å². The summed E-state index contributed by atoms with van der Waals surface area (Å²) in [6, 6.07) is 55.5. The van der Waals surface area contributed by atoms with Crippen LogP contribution in [0.1, 0.15) is 22.3 Å². The molecule has 1 heteroatoms. The minimum Gasteiger partial charge on any atom is -0.0623 e. The first-order valence-electron chi connectivity index (χ1n) is 13.5. The van der Waals surface area contributed by atoms with Crippen LogP contribution in [0.5, 0.6) is 0 Å². The standard InChI is InChI=1S/C37H24Si/c1-5-17-29-25(13-1)26-14-2-6-18-30(26)37(29)31-19-7-11-23-35(31)38(36-24-12-8-20-32(36)37)33-21-9-3-15-27(33)28-16-4-10-22-34(28)38/h1-24H. The highest BCUT2D eigenvalue weighted by Gasteiger charge is 2.59. The predicted molar refractivity (Wildman–Crippen MR) is 160 cm³/mol. The molecule has 0 atom stereocenters. The van der Waals surface area contributed by atoms with Gasteiger partial charge in [-0.15, -0.1) is 0 Å². The van der Waals surface area contributed by atoms with E-state index in [0.717, 1.165) is 0 Å². The first-order valence-corrected chi connectivity index (χ1v) is 15.5. The van der Waals surface area contributed by atoms with Gasteiger partial charge in [-0.1, -0.05) is 146 Å². The van der Waals surface area contributed by atoms with Gasteiger partial charge in [0.2, 0.25) is 0 Å². The second-order valence-electron chi connectivity index (χ2n) is 10.8. The second-order valence-corrected chi connectivity index (χ2v) is 14.4. The van der Waals surface area contributed by atoms with Crippen molar-refractivity contribution in [2.45, 2.75) is 5.41 Å². The summed E-state index contributed by atoms with van der Waals surface area (Å²) in [7, 11) is -2.54. The Bertz CT molecular complexity index is 1660. The molecule has 3 aliphatic rings. The average Bonchev–Trinajstić information content (AvgIpc) is 3.46. The van der Waals surface area contributed by atoms with Gasteiger partial charge in [-0.25, -0.2) is 0 Å². The Morgan fingerprint density at radius 3 is 1.05 bits per heavy atom. The van der Waals surface area contributed by atoms with Crippen LogP contribution >= 0.6 is 0 Å². The molecule has 2 spiro atoms. The van der Waals surface area contributed by atoms with E-state index >= 15 is 0 Å². The molecular formula is C37H24Si. The third kappa shape index (κ3) is 2.13. The number of hydrogen-bond acceptors (Lipinski definition) is 0. The van der Waals surface area contributed by atoms with E-state index in [4.69, 9.17) is 0 Å². The van der Waals surface area contributed by atoms with Gasteiger partial charge in [-0.3, -0.25) is 0 Å². The largest absolute Gasteiger partial charge is 0.181 e. The van der Waals surface area contributed by atoms with Crippen LogP contribution in [0.3, 0.4) is 0 Å². The van der Waals surface area contributed by atoms with Gasteiger partial charge in [0, 0.05) is 0 Å². The molecule has 0 unspecified atom stereocenters. The third-order valence-electron chi connectivity index (χ3n) is 9.37. The molecule has 176 valence electrons. The summed E-state index contributed by atoms with van der Waals surface area (Å²) >= 11 is 0. The summed E-state index contributed by atoms with van der Waals surface area (Å²) in [6.45, 7) is 0. The van der Waals surface area contributed by atoms with E-state index in [2.05, 4.69) is 146 Å². The summed E-state index contributed by atoms with van der Waals surface area (Å²) < 4.78 is 0. The lowest BCUT2D eigenvalue weighted by Crippen LogP contribution is -2.77. The van der Waals surface area contributed by atoms with Gasteiger partial charge in [0.25, 0.3) is 0 Å². The fraction of sp³-hybridized carbons (Fsp3) is 0.0270. The van der Waals surface area contributed by atoms with Crippen LogP contribution in [0.4, 0.5) is 0 Å². The second kappa shape index (κ2) is 7.09. The van der Waals surface area contributed by atoms with Crippen molar-refractivity contribution < 1.29 is 0 Å². The zero-order chi connectivity index (χ0) is 24.9. The van der Waals surface area contributed by atoms with Crippen molar-refractivity contribution >= 4 is 28.8 Å². The van der Waals surface area contributed by atoms with Gasteiger partial charge in [-0.05, 0) is 65.3 Å². The van der Waals surface area contributed by atoms with Crippen molar-refractivity contribution in [1.82, 2.24) is 0 Å². The molecule has 0 saturated carbocycles. The Morgan fingerprint density at radius 2 is 0.605 bits per heavy atom. The van der Waals surface area contributed by atoms with Gasteiger partial charge in [0.1, 0.15) is 0 Å². The Labute approximate surface area is 223 Å². The van der Waals surface area contributed by atoms with Crippen molar-refractivity contribution in [2.24, 2.45) is 0 Å². The molecule has 0 saturated heterocycles. The average molecular weight is 497 g/mol. The van der Waals surface area contributed by atoms with E-state index in [9.17, 15) is 0 Å². The van der Waals surface area contributed by atoms with Crippen LogP contribution < -0.4 is 20.7 Å². The number of benzene rings is 6. The van der Waals surface area contributed by atoms with Gasteiger partial charge >= 0.3 is 0 Å². The first-order chi connectivity index (χ1) is 18.9. The van der Waals surface area contributed by atoms with E-state index in [-0.39, 0.29) is 5.41 Å². The minimum absolute atomic E-state index is 0.328. The topological polar surface area (TPSA) is 0 Å². The Hall–Kier alpha value is -4.46. The highest BCUT2D eigenvalue weighted by atomic mass is 28.3. The zero-order valence-corrected chi connectivity index (χ0v) is 21.9. The molecule has 0 radical (unpaired) electrons. The van der Waals surface area contributed by atoms with Gasteiger partial charge in [0.05, 0.1) is 5.41 Å². The van der Waals surface area contributed by atoms with Crippen molar-refractivity contribution in [2.75, 3.05) is 0 Å². The molecule has 2 aliphatic heterocycles. The third-order valence-corrected chi connectivity index (χ3v) is 14.4. The van der Waals surface area contributed by atoms with Crippen LogP contribution in [0.2, 0.25) is 0 Å². The van der Waals surface area contributed by atoms with E-state index in [1.807, 2.05) is 0 Å². The van der Waals surface area contributed by atoms with Crippen molar-refractivity contribution in [3.05, 3.63) is 168 Å². The summed E-state index contributed by atoms with van der Waals surface area (Å²) in [5, 5.41) is 6.11. The quantitative estimate of drug-likeness (QED) is 0.236. The maximum Gasteiger partial charge on any atom is 0.181 e. The minimum atomic E-state index is -2.54. The summed E-state index contributed by atoms with van der Waals surface area (Å²) in [4.78, 5) is 0. The molecule has 0 N–H and O–H groups in total. The number of rotatable bonds is 0. The SMILES string of the molecule is c1ccc2c(c1)-c1ccccc1C21c2ccccc2[Si]2(c3ccccc3-c3ccccc32)c2ccccc21. The molecule has 9 rings (SSSR count). The maximum absolute atomic E-state index is 2.54. The molecule has 0 fully saturated rings. The van der Waals surface area contributed by atoms with Gasteiger partial charge in [-0.2, -0.15) is 0 Å². The fourth-order valence-electron chi connectivity index (χ4n) is 8.20. The molecule has 0 nitrogen and oxygen atoms in total. The number of hydrogen-bond donors (Lipinski definition) is 0. The van der Waals surface area contributed by atoms with E-state index in [1.165, 1.54) is 65.3 Å². The van der Waals surface area contributed by atoms with Gasteiger partial charge < -0.3 is 0 Å².